The zero-order valence-electron chi connectivity index (χ0n) is 17.2. The molecular formula is C21H20FN5O4S. The highest BCUT2D eigenvalue weighted by Gasteiger charge is 2.32. The summed E-state index contributed by atoms with van der Waals surface area (Å²) in [4.78, 5) is 22.1. The number of fused-ring (bicyclic) bond motifs is 1. The predicted molar refractivity (Wildman–Crippen MR) is 116 cm³/mol. The summed E-state index contributed by atoms with van der Waals surface area (Å²) < 4.78 is 42.6. The Morgan fingerprint density at radius 3 is 2.75 bits per heavy atom. The lowest BCUT2D eigenvalue weighted by molar-refractivity contribution is 0.116. The van der Waals surface area contributed by atoms with Gasteiger partial charge in [-0.2, -0.15) is 0 Å². The lowest BCUT2D eigenvalue weighted by Crippen LogP contribution is -2.39. The standard InChI is InChI=1S/C21H20FN5O4S/c1-13-16-8-7-15(30-20-24-9-4-10-25-20)11-18(16)31-21(28)27(13)12-14-5-3-6-17(19(14)22)26-32(29)23-2/h3-11,13,23,26H,12H2,1-2H3. The molecule has 0 saturated heterocycles. The zero-order chi connectivity index (χ0) is 22.7. The fourth-order valence-electron chi connectivity index (χ4n) is 3.25. The molecule has 0 fully saturated rings. The molecule has 32 heavy (non-hydrogen) atoms. The van der Waals surface area contributed by atoms with Crippen molar-refractivity contribution in [3.63, 3.8) is 0 Å². The van der Waals surface area contributed by atoms with E-state index in [0.29, 0.717) is 11.5 Å². The summed E-state index contributed by atoms with van der Waals surface area (Å²) in [6.45, 7) is 1.80. The molecule has 3 aromatic rings. The van der Waals surface area contributed by atoms with Gasteiger partial charge >= 0.3 is 12.1 Å². The van der Waals surface area contributed by atoms with E-state index in [1.54, 1.807) is 48.8 Å². The lowest BCUT2D eigenvalue weighted by Gasteiger charge is -2.34. The summed E-state index contributed by atoms with van der Waals surface area (Å²) in [6, 6.07) is 11.2. The topological polar surface area (TPSA) is 106 Å². The molecule has 2 N–H and O–H groups in total. The van der Waals surface area contributed by atoms with Gasteiger partial charge in [0, 0.05) is 29.6 Å². The van der Waals surface area contributed by atoms with Gasteiger partial charge in [-0.3, -0.25) is 9.62 Å². The molecule has 4 rings (SSSR count). The van der Waals surface area contributed by atoms with Crippen molar-refractivity contribution in [3.8, 4) is 17.5 Å². The van der Waals surface area contributed by atoms with Crippen LogP contribution in [0.25, 0.3) is 0 Å². The Hall–Kier alpha value is -3.57. The van der Waals surface area contributed by atoms with E-state index in [9.17, 15) is 13.4 Å². The number of hydrogen-bond acceptors (Lipinski definition) is 6. The van der Waals surface area contributed by atoms with Crippen molar-refractivity contribution in [1.82, 2.24) is 19.6 Å². The van der Waals surface area contributed by atoms with Gasteiger partial charge in [0.25, 0.3) is 0 Å². The van der Waals surface area contributed by atoms with E-state index in [1.165, 1.54) is 18.0 Å². The van der Waals surface area contributed by atoms with Gasteiger partial charge in [0.2, 0.25) is 0 Å². The molecule has 2 aromatic carbocycles. The van der Waals surface area contributed by atoms with Crippen LogP contribution in [0.2, 0.25) is 0 Å². The van der Waals surface area contributed by atoms with Crippen molar-refractivity contribution in [2.24, 2.45) is 0 Å². The van der Waals surface area contributed by atoms with Crippen LogP contribution in [0.3, 0.4) is 0 Å². The summed E-state index contributed by atoms with van der Waals surface area (Å²) >= 11 is -1.63. The third-order valence-corrected chi connectivity index (χ3v) is 5.67. The fraction of sp³-hybridized carbons (Fsp3) is 0.190. The normalized spacial score (nSPS) is 16.2. The molecule has 2 atom stereocenters. The molecule has 1 aliphatic heterocycles. The van der Waals surface area contributed by atoms with Gasteiger partial charge in [0.05, 0.1) is 18.3 Å². The molecule has 0 saturated carbocycles. The first-order chi connectivity index (χ1) is 15.5. The van der Waals surface area contributed by atoms with Crippen molar-refractivity contribution in [2.45, 2.75) is 19.5 Å². The van der Waals surface area contributed by atoms with Crippen LogP contribution < -0.4 is 18.9 Å². The van der Waals surface area contributed by atoms with E-state index in [0.717, 1.165) is 5.56 Å². The van der Waals surface area contributed by atoms with Gasteiger partial charge in [0.1, 0.15) is 11.5 Å². The first-order valence-electron chi connectivity index (χ1n) is 9.66. The van der Waals surface area contributed by atoms with Crippen molar-refractivity contribution >= 4 is 23.0 Å². The molecule has 2 unspecified atom stereocenters. The smallest absolute Gasteiger partial charge is 0.416 e. The average molecular weight is 457 g/mol. The Kier molecular flexibility index (Phi) is 6.28. The van der Waals surface area contributed by atoms with Gasteiger partial charge in [-0.25, -0.2) is 28.1 Å². The number of hydrogen-bond donors (Lipinski definition) is 2. The van der Waals surface area contributed by atoms with Crippen LogP contribution >= 0.6 is 0 Å². The molecule has 11 heteroatoms. The van der Waals surface area contributed by atoms with Crippen LogP contribution in [0.15, 0.2) is 54.9 Å². The van der Waals surface area contributed by atoms with Crippen molar-refractivity contribution in [1.29, 1.82) is 0 Å². The first-order valence-corrected chi connectivity index (χ1v) is 10.8. The number of anilines is 1. The molecule has 1 aromatic heterocycles. The highest BCUT2D eigenvalue weighted by Crippen LogP contribution is 2.38. The van der Waals surface area contributed by atoms with Gasteiger partial charge in [-0.05, 0) is 38.2 Å². The summed E-state index contributed by atoms with van der Waals surface area (Å²) in [5, 5.41) is 0. The van der Waals surface area contributed by atoms with Crippen molar-refractivity contribution in [2.75, 3.05) is 11.8 Å². The number of carbonyl (C=O) groups excluding carboxylic acids is 1. The minimum Gasteiger partial charge on any atom is -0.424 e. The Morgan fingerprint density at radius 1 is 1.22 bits per heavy atom. The molecule has 0 bridgehead atoms. The van der Waals surface area contributed by atoms with Gasteiger partial charge in [-0.1, -0.05) is 12.1 Å². The van der Waals surface area contributed by atoms with E-state index >= 15 is 0 Å². The second-order valence-electron chi connectivity index (χ2n) is 6.86. The van der Waals surface area contributed by atoms with Crippen molar-refractivity contribution < 1.29 is 22.9 Å². The van der Waals surface area contributed by atoms with Crippen LogP contribution in [0.5, 0.6) is 17.5 Å². The Morgan fingerprint density at radius 2 is 2.00 bits per heavy atom. The van der Waals surface area contributed by atoms with E-state index in [-0.39, 0.29) is 29.8 Å². The summed E-state index contributed by atoms with van der Waals surface area (Å²) in [5.41, 5.74) is 1.08. The maximum absolute atomic E-state index is 14.9. The third kappa shape index (κ3) is 4.53. The lowest BCUT2D eigenvalue weighted by atomic mass is 10.0. The Labute approximate surface area is 186 Å². The number of nitrogens with zero attached hydrogens (tertiary/aromatic N) is 3. The summed E-state index contributed by atoms with van der Waals surface area (Å²) in [7, 11) is 1.48. The number of rotatable bonds is 7. The van der Waals surface area contributed by atoms with E-state index in [2.05, 4.69) is 19.4 Å². The molecule has 166 valence electrons. The van der Waals surface area contributed by atoms with Crippen LogP contribution in [0.1, 0.15) is 24.1 Å². The van der Waals surface area contributed by atoms with E-state index in [1.807, 2.05) is 6.92 Å². The number of nitrogens with one attached hydrogen (secondary N) is 2. The Bertz CT molecular complexity index is 1160. The highest BCUT2D eigenvalue weighted by atomic mass is 32.2. The van der Waals surface area contributed by atoms with Crippen LogP contribution in [-0.4, -0.2) is 32.2 Å². The largest absolute Gasteiger partial charge is 0.424 e. The number of halogens is 1. The second-order valence-corrected chi connectivity index (χ2v) is 8.01. The molecule has 1 aliphatic rings. The first kappa shape index (κ1) is 21.7. The van der Waals surface area contributed by atoms with E-state index in [4.69, 9.17) is 9.47 Å². The average Bonchev–Trinajstić information content (AvgIpc) is 2.79. The van der Waals surface area contributed by atoms with Gasteiger partial charge in [0.15, 0.2) is 17.0 Å². The quantitative estimate of drug-likeness (QED) is 0.561. The third-order valence-electron chi connectivity index (χ3n) is 4.89. The SMILES string of the molecule is CNS(=O)Nc1cccc(CN2C(=O)Oc3cc(Oc4ncccn4)ccc3C2C)c1F. The highest BCUT2D eigenvalue weighted by molar-refractivity contribution is 7.84. The molecule has 2 heterocycles. The molecule has 0 radical (unpaired) electrons. The summed E-state index contributed by atoms with van der Waals surface area (Å²) in [6.07, 6.45) is 2.50. The zero-order valence-corrected chi connectivity index (χ0v) is 18.1. The van der Waals surface area contributed by atoms with Crippen LogP contribution in [0.4, 0.5) is 14.9 Å². The maximum Gasteiger partial charge on any atom is 0.416 e. The number of ether oxygens (including phenoxy) is 2. The molecule has 0 spiro atoms. The molecule has 1 amide bonds. The molecule has 0 aliphatic carbocycles. The predicted octanol–water partition coefficient (Wildman–Crippen LogP) is 3.69. The van der Waals surface area contributed by atoms with Gasteiger partial charge < -0.3 is 9.47 Å². The molecular weight excluding hydrogens is 437 g/mol. The maximum atomic E-state index is 14.9. The van der Waals surface area contributed by atoms with E-state index < -0.39 is 23.1 Å². The summed E-state index contributed by atoms with van der Waals surface area (Å²) in [5.74, 6) is 0.187. The van der Waals surface area contributed by atoms with Crippen LogP contribution in [-0.2, 0) is 17.7 Å². The van der Waals surface area contributed by atoms with Crippen molar-refractivity contribution in [3.05, 3.63) is 71.8 Å². The van der Waals surface area contributed by atoms with Gasteiger partial charge in [-0.15, -0.1) is 0 Å². The number of amides is 1. The number of benzene rings is 2. The minimum absolute atomic E-state index is 0.0247. The molecule has 9 nitrogen and oxygen atoms in total. The number of carbonyl (C=O) groups is 1. The fourth-order valence-corrected chi connectivity index (χ4v) is 3.71. The Balaban J connectivity index is 1.54. The van der Waals surface area contributed by atoms with Crippen LogP contribution in [0, 0.1) is 5.82 Å². The number of aromatic nitrogens is 2. The monoisotopic (exact) mass is 457 g/mol. The second kappa shape index (κ2) is 9.28. The minimum atomic E-state index is -1.63.